The lowest BCUT2D eigenvalue weighted by atomic mass is 10.2. The number of sulfonamides is 1. The Morgan fingerprint density at radius 2 is 2.09 bits per heavy atom. The van der Waals surface area contributed by atoms with Crippen molar-refractivity contribution in [2.24, 2.45) is 0 Å². The fourth-order valence-electron chi connectivity index (χ4n) is 2.03. The molecule has 1 aromatic carbocycles. The molecule has 0 atom stereocenters. The molecule has 0 aliphatic carbocycles. The smallest absolute Gasteiger partial charge is 0.270 e. The first-order valence-corrected chi connectivity index (χ1v) is 8.91. The minimum absolute atomic E-state index is 0.126. The number of H-pyrrole nitrogens is 1. The van der Waals surface area contributed by atoms with Crippen LogP contribution in [0.15, 0.2) is 34.8 Å². The van der Waals surface area contributed by atoms with Crippen molar-refractivity contribution in [3.8, 4) is 0 Å². The molecular formula is C13H13N5O3S2. The van der Waals surface area contributed by atoms with Crippen molar-refractivity contribution >= 4 is 43.3 Å². The zero-order valence-electron chi connectivity index (χ0n) is 12.0. The van der Waals surface area contributed by atoms with Gasteiger partial charge in [0.25, 0.3) is 10.0 Å². The van der Waals surface area contributed by atoms with E-state index in [0.717, 1.165) is 27.8 Å². The highest BCUT2D eigenvalue weighted by molar-refractivity contribution is 7.91. The maximum atomic E-state index is 12.2. The van der Waals surface area contributed by atoms with Gasteiger partial charge >= 0.3 is 0 Å². The Balaban J connectivity index is 1.76. The number of amides is 1. The molecule has 2 aromatic heterocycles. The number of anilines is 1. The Kier molecular flexibility index (Phi) is 4.11. The second kappa shape index (κ2) is 6.07. The van der Waals surface area contributed by atoms with Crippen LogP contribution in [0.5, 0.6) is 0 Å². The molecule has 23 heavy (non-hydrogen) atoms. The number of aromatic amines is 1. The average molecular weight is 351 g/mol. The molecule has 1 amide bonds. The molecule has 3 rings (SSSR count). The molecule has 0 spiro atoms. The number of fused-ring (bicyclic) bond motifs is 1. The molecule has 0 saturated carbocycles. The summed E-state index contributed by atoms with van der Waals surface area (Å²) in [4.78, 5) is 14.0. The summed E-state index contributed by atoms with van der Waals surface area (Å²) in [5.74, 6) is -0.336. The highest BCUT2D eigenvalue weighted by Gasteiger charge is 2.20. The number of aromatic nitrogens is 3. The summed E-state index contributed by atoms with van der Waals surface area (Å²) >= 11 is 0.797. The predicted molar refractivity (Wildman–Crippen MR) is 86.5 cm³/mol. The van der Waals surface area contributed by atoms with Crippen LogP contribution in [0.1, 0.15) is 12.5 Å². The van der Waals surface area contributed by atoms with Crippen LogP contribution in [0.25, 0.3) is 10.9 Å². The van der Waals surface area contributed by atoms with Gasteiger partial charge in [-0.15, -0.1) is 10.2 Å². The van der Waals surface area contributed by atoms with Gasteiger partial charge in [0.2, 0.25) is 15.4 Å². The minimum Gasteiger partial charge on any atom is -0.361 e. The Labute approximate surface area is 136 Å². The monoisotopic (exact) mass is 351 g/mol. The number of hydrogen-bond acceptors (Lipinski definition) is 6. The first-order valence-electron chi connectivity index (χ1n) is 6.61. The number of rotatable bonds is 5. The van der Waals surface area contributed by atoms with Gasteiger partial charge in [-0.2, -0.15) is 0 Å². The van der Waals surface area contributed by atoms with Gasteiger partial charge in [-0.3, -0.25) is 4.79 Å². The van der Waals surface area contributed by atoms with Crippen molar-refractivity contribution in [1.29, 1.82) is 0 Å². The summed E-state index contributed by atoms with van der Waals surface area (Å²) in [7, 11) is -3.79. The minimum atomic E-state index is -3.79. The maximum absolute atomic E-state index is 12.2. The van der Waals surface area contributed by atoms with E-state index < -0.39 is 10.0 Å². The number of benzene rings is 1. The Morgan fingerprint density at radius 3 is 2.87 bits per heavy atom. The lowest BCUT2D eigenvalue weighted by Crippen LogP contribution is -2.23. The highest BCUT2D eigenvalue weighted by atomic mass is 32.2. The first-order chi connectivity index (χ1) is 11.0. The summed E-state index contributed by atoms with van der Waals surface area (Å²) in [6.45, 7) is 1.44. The van der Waals surface area contributed by atoms with Gasteiger partial charge in [-0.05, 0) is 11.6 Å². The van der Waals surface area contributed by atoms with Crippen LogP contribution in [0.4, 0.5) is 5.13 Å². The Morgan fingerprint density at radius 1 is 1.30 bits per heavy atom. The molecule has 0 radical (unpaired) electrons. The fourth-order valence-corrected chi connectivity index (χ4v) is 4.03. The number of hydrogen-bond donors (Lipinski definition) is 3. The quantitative estimate of drug-likeness (QED) is 0.602. The lowest BCUT2D eigenvalue weighted by Gasteiger charge is -2.02. The van der Waals surface area contributed by atoms with Crippen LogP contribution in [0.2, 0.25) is 0 Å². The molecular weight excluding hydrogens is 338 g/mol. The van der Waals surface area contributed by atoms with Crippen LogP contribution >= 0.6 is 11.3 Å². The van der Waals surface area contributed by atoms with Gasteiger partial charge in [0.1, 0.15) is 0 Å². The second-order valence-corrected chi connectivity index (χ2v) is 7.66. The van der Waals surface area contributed by atoms with Crippen LogP contribution in [-0.2, 0) is 21.4 Å². The van der Waals surface area contributed by atoms with Gasteiger partial charge < -0.3 is 10.3 Å². The van der Waals surface area contributed by atoms with E-state index in [1.165, 1.54) is 6.92 Å². The standard InChI is InChI=1S/C13H13N5O3S2/c1-8(19)16-12-17-18-13(22-12)23(20,21)15-7-9-6-14-11-5-3-2-4-10(9)11/h2-6,14-15H,7H2,1H3,(H,16,17,19). The maximum Gasteiger partial charge on any atom is 0.270 e. The molecule has 3 N–H and O–H groups in total. The fraction of sp³-hybridized carbons (Fsp3) is 0.154. The molecule has 8 nitrogen and oxygen atoms in total. The molecule has 120 valence electrons. The van der Waals surface area contributed by atoms with E-state index in [-0.39, 0.29) is 21.9 Å². The summed E-state index contributed by atoms with van der Waals surface area (Å²) in [6.07, 6.45) is 1.76. The third-order valence-corrected chi connectivity index (χ3v) is 5.65. The predicted octanol–water partition coefficient (Wildman–Crippen LogP) is 1.46. The zero-order chi connectivity index (χ0) is 16.4. The molecule has 2 heterocycles. The molecule has 0 aliphatic rings. The van der Waals surface area contributed by atoms with E-state index in [4.69, 9.17) is 0 Å². The summed E-state index contributed by atoms with van der Waals surface area (Å²) < 4.78 is 26.8. The Hall–Kier alpha value is -2.30. The van der Waals surface area contributed by atoms with Crippen molar-refractivity contribution < 1.29 is 13.2 Å². The first kappa shape index (κ1) is 15.6. The van der Waals surface area contributed by atoms with E-state index >= 15 is 0 Å². The SMILES string of the molecule is CC(=O)Nc1nnc(S(=O)(=O)NCc2c[nH]c3ccccc23)s1. The normalized spacial score (nSPS) is 11.7. The van der Waals surface area contributed by atoms with Crippen LogP contribution in [0, 0.1) is 0 Å². The van der Waals surface area contributed by atoms with E-state index in [1.54, 1.807) is 6.20 Å². The molecule has 0 aliphatic heterocycles. The Bertz CT molecular complexity index is 961. The zero-order valence-corrected chi connectivity index (χ0v) is 13.7. The van der Waals surface area contributed by atoms with E-state index in [0.29, 0.717) is 0 Å². The van der Waals surface area contributed by atoms with Crippen molar-refractivity contribution in [2.45, 2.75) is 17.8 Å². The van der Waals surface area contributed by atoms with Crippen LogP contribution < -0.4 is 10.0 Å². The third kappa shape index (κ3) is 3.38. The molecule has 3 aromatic rings. The van der Waals surface area contributed by atoms with Crippen molar-refractivity contribution in [2.75, 3.05) is 5.32 Å². The van der Waals surface area contributed by atoms with Gasteiger partial charge in [0.15, 0.2) is 0 Å². The molecule has 0 saturated heterocycles. The lowest BCUT2D eigenvalue weighted by molar-refractivity contribution is -0.114. The van der Waals surface area contributed by atoms with Gasteiger partial charge in [0, 0.05) is 30.6 Å². The van der Waals surface area contributed by atoms with Crippen molar-refractivity contribution in [3.63, 3.8) is 0 Å². The number of para-hydroxylation sites is 1. The molecule has 0 fully saturated rings. The molecule has 0 unspecified atom stereocenters. The van der Waals surface area contributed by atoms with Crippen molar-refractivity contribution in [3.05, 3.63) is 36.0 Å². The van der Waals surface area contributed by atoms with E-state index in [2.05, 4.69) is 25.2 Å². The topological polar surface area (TPSA) is 117 Å². The van der Waals surface area contributed by atoms with Crippen LogP contribution in [0.3, 0.4) is 0 Å². The number of carbonyl (C=O) groups is 1. The summed E-state index contributed by atoms with van der Waals surface area (Å²) in [5, 5.41) is 10.7. The number of nitrogens with one attached hydrogen (secondary N) is 3. The van der Waals surface area contributed by atoms with Crippen molar-refractivity contribution in [1.82, 2.24) is 19.9 Å². The number of nitrogens with zero attached hydrogens (tertiary/aromatic N) is 2. The van der Waals surface area contributed by atoms with E-state index in [9.17, 15) is 13.2 Å². The summed E-state index contributed by atoms with van der Waals surface area (Å²) in [6, 6.07) is 7.61. The van der Waals surface area contributed by atoms with Crippen LogP contribution in [-0.4, -0.2) is 29.5 Å². The van der Waals surface area contributed by atoms with Gasteiger partial charge in [-0.25, -0.2) is 13.1 Å². The van der Waals surface area contributed by atoms with Gasteiger partial charge in [-0.1, -0.05) is 29.5 Å². The average Bonchev–Trinajstić information content (AvgIpc) is 3.12. The highest BCUT2D eigenvalue weighted by Crippen LogP contribution is 2.21. The second-order valence-electron chi connectivity index (χ2n) is 4.74. The third-order valence-electron chi connectivity index (χ3n) is 3.05. The van der Waals surface area contributed by atoms with Gasteiger partial charge in [0.05, 0.1) is 0 Å². The van der Waals surface area contributed by atoms with E-state index in [1.807, 2.05) is 24.3 Å². The number of carbonyl (C=O) groups excluding carboxylic acids is 1. The molecule has 0 bridgehead atoms. The summed E-state index contributed by atoms with van der Waals surface area (Å²) in [5.41, 5.74) is 1.77. The molecule has 10 heteroatoms. The largest absolute Gasteiger partial charge is 0.361 e.